The van der Waals surface area contributed by atoms with E-state index in [1.54, 1.807) is 31.4 Å². The molecule has 3 nitrogen and oxygen atoms in total. The van der Waals surface area contributed by atoms with Crippen LogP contribution in [0.4, 0.5) is 13.2 Å². The third-order valence-electron chi connectivity index (χ3n) is 2.38. The molecule has 0 bridgehead atoms. The first-order valence-corrected chi connectivity index (χ1v) is 6.64. The SMILES string of the molecule is COc1ccc(C(O)CNCCSC(F)(F)F)cc1. The molecule has 1 atom stereocenters. The van der Waals surface area contributed by atoms with Crippen molar-refractivity contribution in [3.05, 3.63) is 29.8 Å². The number of halogens is 3. The Morgan fingerprint density at radius 3 is 2.47 bits per heavy atom. The second-order valence-corrected chi connectivity index (χ2v) is 4.95. The number of alkyl halides is 3. The zero-order valence-electron chi connectivity index (χ0n) is 10.4. The van der Waals surface area contributed by atoms with Crippen molar-refractivity contribution in [1.29, 1.82) is 0 Å². The van der Waals surface area contributed by atoms with Crippen LogP contribution in [0.15, 0.2) is 24.3 Å². The maximum absolute atomic E-state index is 11.9. The molecule has 7 heteroatoms. The Bertz CT molecular complexity index is 370. The Labute approximate surface area is 114 Å². The fourth-order valence-corrected chi connectivity index (χ4v) is 1.90. The Balaban J connectivity index is 2.25. The smallest absolute Gasteiger partial charge is 0.441 e. The second kappa shape index (κ2) is 7.62. The molecule has 2 N–H and O–H groups in total. The van der Waals surface area contributed by atoms with E-state index in [9.17, 15) is 18.3 Å². The number of rotatable bonds is 7. The summed E-state index contributed by atoms with van der Waals surface area (Å²) < 4.78 is 40.5. The number of nitrogens with one attached hydrogen (secondary N) is 1. The van der Waals surface area contributed by atoms with Gasteiger partial charge in [0.05, 0.1) is 13.2 Å². The molecular formula is C12H16F3NO2S. The number of benzene rings is 1. The Morgan fingerprint density at radius 2 is 1.95 bits per heavy atom. The van der Waals surface area contributed by atoms with Gasteiger partial charge in [-0.1, -0.05) is 12.1 Å². The molecule has 0 aliphatic heterocycles. The number of methoxy groups -OCH3 is 1. The standard InChI is InChI=1S/C12H16F3NO2S/c1-18-10-4-2-9(3-5-10)11(17)8-16-6-7-19-12(13,14)15/h2-5,11,16-17H,6-8H2,1H3. The summed E-state index contributed by atoms with van der Waals surface area (Å²) in [7, 11) is 1.55. The third kappa shape index (κ3) is 6.70. The van der Waals surface area contributed by atoms with E-state index in [1.165, 1.54) is 0 Å². The van der Waals surface area contributed by atoms with Crippen molar-refractivity contribution in [3.8, 4) is 5.75 Å². The van der Waals surface area contributed by atoms with Crippen LogP contribution < -0.4 is 10.1 Å². The maximum atomic E-state index is 11.9. The summed E-state index contributed by atoms with van der Waals surface area (Å²) in [4.78, 5) is 0. The number of aliphatic hydroxyl groups excluding tert-OH is 1. The van der Waals surface area contributed by atoms with Gasteiger partial charge in [-0.05, 0) is 29.5 Å². The average molecular weight is 295 g/mol. The van der Waals surface area contributed by atoms with E-state index in [1.807, 2.05) is 0 Å². The van der Waals surface area contributed by atoms with E-state index in [-0.39, 0.29) is 30.6 Å². The summed E-state index contributed by atoms with van der Waals surface area (Å²) in [6.07, 6.45) is -0.748. The lowest BCUT2D eigenvalue weighted by molar-refractivity contribution is -0.0327. The molecule has 0 fully saturated rings. The molecule has 0 radical (unpaired) electrons. The molecule has 0 aromatic heterocycles. The van der Waals surface area contributed by atoms with Crippen LogP contribution in [-0.4, -0.2) is 36.6 Å². The van der Waals surface area contributed by atoms with Gasteiger partial charge in [-0.2, -0.15) is 13.2 Å². The van der Waals surface area contributed by atoms with Crippen molar-refractivity contribution >= 4 is 11.8 Å². The monoisotopic (exact) mass is 295 g/mol. The van der Waals surface area contributed by atoms with Gasteiger partial charge >= 0.3 is 5.51 Å². The van der Waals surface area contributed by atoms with Gasteiger partial charge in [0.25, 0.3) is 0 Å². The van der Waals surface area contributed by atoms with E-state index in [0.717, 1.165) is 0 Å². The van der Waals surface area contributed by atoms with E-state index in [0.29, 0.717) is 11.3 Å². The van der Waals surface area contributed by atoms with Crippen LogP contribution in [-0.2, 0) is 0 Å². The van der Waals surface area contributed by atoms with Crippen molar-refractivity contribution < 1.29 is 23.0 Å². The van der Waals surface area contributed by atoms with Crippen LogP contribution in [0.25, 0.3) is 0 Å². The fraction of sp³-hybridized carbons (Fsp3) is 0.500. The molecule has 1 unspecified atom stereocenters. The predicted molar refractivity (Wildman–Crippen MR) is 69.3 cm³/mol. The molecule has 108 valence electrons. The number of thioether (sulfide) groups is 1. The molecule has 19 heavy (non-hydrogen) atoms. The number of aliphatic hydroxyl groups is 1. The van der Waals surface area contributed by atoms with E-state index < -0.39 is 11.6 Å². The van der Waals surface area contributed by atoms with Crippen LogP contribution in [0.1, 0.15) is 11.7 Å². The van der Waals surface area contributed by atoms with Crippen molar-refractivity contribution in [2.24, 2.45) is 0 Å². The lowest BCUT2D eigenvalue weighted by Crippen LogP contribution is -2.24. The predicted octanol–water partition coefficient (Wildman–Crippen LogP) is 2.57. The van der Waals surface area contributed by atoms with E-state index in [2.05, 4.69) is 5.32 Å². The first kappa shape index (κ1) is 16.1. The molecule has 0 amide bonds. The minimum absolute atomic E-state index is 0.0706. The minimum Gasteiger partial charge on any atom is -0.497 e. The molecule has 0 aliphatic rings. The molecule has 0 saturated carbocycles. The summed E-state index contributed by atoms with van der Waals surface area (Å²) in [5.41, 5.74) is -3.51. The first-order valence-electron chi connectivity index (χ1n) is 5.66. The zero-order chi connectivity index (χ0) is 14.3. The molecule has 0 aliphatic carbocycles. The highest BCUT2D eigenvalue weighted by Crippen LogP contribution is 2.29. The molecule has 1 aromatic rings. The van der Waals surface area contributed by atoms with Crippen molar-refractivity contribution in [3.63, 3.8) is 0 Å². The van der Waals surface area contributed by atoms with Gasteiger partial charge in [0.2, 0.25) is 0 Å². The summed E-state index contributed by atoms with van der Waals surface area (Å²) >= 11 is -0.0747. The summed E-state index contributed by atoms with van der Waals surface area (Å²) in [6.45, 7) is 0.405. The highest BCUT2D eigenvalue weighted by molar-refractivity contribution is 8.00. The molecule has 0 spiro atoms. The Morgan fingerprint density at radius 1 is 1.32 bits per heavy atom. The quantitative estimate of drug-likeness (QED) is 0.759. The van der Waals surface area contributed by atoms with Gasteiger partial charge in [0.15, 0.2) is 0 Å². The van der Waals surface area contributed by atoms with Crippen LogP contribution in [0.2, 0.25) is 0 Å². The maximum Gasteiger partial charge on any atom is 0.441 e. The van der Waals surface area contributed by atoms with Crippen LogP contribution >= 0.6 is 11.8 Å². The molecule has 0 heterocycles. The summed E-state index contributed by atoms with van der Waals surface area (Å²) in [5.74, 6) is 0.615. The number of hydrogen-bond acceptors (Lipinski definition) is 4. The largest absolute Gasteiger partial charge is 0.497 e. The molecule has 0 saturated heterocycles. The van der Waals surface area contributed by atoms with Gasteiger partial charge in [-0.3, -0.25) is 0 Å². The summed E-state index contributed by atoms with van der Waals surface area (Å²) in [5, 5.41) is 12.6. The van der Waals surface area contributed by atoms with Crippen molar-refractivity contribution in [2.45, 2.75) is 11.6 Å². The topological polar surface area (TPSA) is 41.5 Å². The van der Waals surface area contributed by atoms with Gasteiger partial charge in [-0.25, -0.2) is 0 Å². The van der Waals surface area contributed by atoms with Gasteiger partial charge < -0.3 is 15.2 Å². The normalized spacial score (nSPS) is 13.3. The average Bonchev–Trinajstić information content (AvgIpc) is 2.37. The zero-order valence-corrected chi connectivity index (χ0v) is 11.2. The lowest BCUT2D eigenvalue weighted by Gasteiger charge is -2.13. The first-order chi connectivity index (χ1) is 8.92. The Hall–Kier alpha value is -0.920. The number of hydrogen-bond donors (Lipinski definition) is 2. The van der Waals surface area contributed by atoms with Crippen LogP contribution in [0.5, 0.6) is 5.75 Å². The van der Waals surface area contributed by atoms with E-state index >= 15 is 0 Å². The molecule has 1 aromatic carbocycles. The second-order valence-electron chi connectivity index (χ2n) is 3.79. The number of ether oxygens (including phenoxy) is 1. The third-order valence-corrected chi connectivity index (χ3v) is 3.12. The van der Waals surface area contributed by atoms with Crippen molar-refractivity contribution in [1.82, 2.24) is 5.32 Å². The van der Waals surface area contributed by atoms with Gasteiger partial charge in [0, 0.05) is 18.8 Å². The van der Waals surface area contributed by atoms with E-state index in [4.69, 9.17) is 4.74 Å². The highest BCUT2D eigenvalue weighted by atomic mass is 32.2. The van der Waals surface area contributed by atoms with Crippen molar-refractivity contribution in [2.75, 3.05) is 26.0 Å². The van der Waals surface area contributed by atoms with Gasteiger partial charge in [0.1, 0.15) is 5.75 Å². The Kier molecular flexibility index (Phi) is 6.47. The highest BCUT2D eigenvalue weighted by Gasteiger charge is 2.27. The van der Waals surface area contributed by atoms with Crippen LogP contribution in [0.3, 0.4) is 0 Å². The fourth-order valence-electron chi connectivity index (χ4n) is 1.42. The summed E-state index contributed by atoms with van der Waals surface area (Å²) in [6, 6.07) is 6.88. The van der Waals surface area contributed by atoms with Gasteiger partial charge in [-0.15, -0.1) is 0 Å². The molecule has 1 rings (SSSR count). The molecular weight excluding hydrogens is 279 g/mol. The minimum atomic E-state index is -4.20. The lowest BCUT2D eigenvalue weighted by atomic mass is 10.1. The van der Waals surface area contributed by atoms with Crippen LogP contribution in [0, 0.1) is 0 Å².